The molecule has 1 atom stereocenters. The number of nitrogens with one attached hydrogen (secondary N) is 1. The van der Waals surface area contributed by atoms with Crippen LogP contribution in [0, 0.1) is 0 Å². The van der Waals surface area contributed by atoms with Crippen molar-refractivity contribution in [2.75, 3.05) is 12.4 Å². The Balaban J connectivity index is 1.56. The number of carbonyl (C=O) groups is 1. The summed E-state index contributed by atoms with van der Waals surface area (Å²) >= 11 is 5.95. The van der Waals surface area contributed by atoms with E-state index in [9.17, 15) is 9.59 Å². The molecular weight excluding hydrogens is 504 g/mol. The maximum absolute atomic E-state index is 13.2. The maximum Gasteiger partial charge on any atom is 0.412 e. The summed E-state index contributed by atoms with van der Waals surface area (Å²) in [5.74, 6) is 0.691. The predicted molar refractivity (Wildman–Crippen MR) is 148 cm³/mol. The first-order chi connectivity index (χ1) is 18.4. The Morgan fingerprint density at radius 2 is 1.87 bits per heavy atom. The van der Waals surface area contributed by atoms with Crippen molar-refractivity contribution in [1.82, 2.24) is 14.8 Å². The molecule has 1 unspecified atom stereocenters. The molecule has 4 rings (SSSR count). The molecule has 2 aromatic carbocycles. The fraction of sp³-hybridized carbons (Fsp3) is 0.172. The van der Waals surface area contributed by atoms with Crippen molar-refractivity contribution in [2.24, 2.45) is 0 Å². The molecular formula is C29H27ClN4O4. The number of allylic oxidation sites excluding steroid dienone is 1. The lowest BCUT2D eigenvalue weighted by Crippen LogP contribution is -2.29. The fourth-order valence-electron chi connectivity index (χ4n) is 3.70. The predicted octanol–water partition coefficient (Wildman–Crippen LogP) is 5.86. The summed E-state index contributed by atoms with van der Waals surface area (Å²) in [7, 11) is 1.59. The minimum atomic E-state index is -0.735. The monoisotopic (exact) mass is 530 g/mol. The topological polar surface area (TPSA) is 95.3 Å². The standard InChI is InChI=1S/C29H27ClN4O4/c1-20(18-24-7-3-4-16-31-24)38-29(36)32-27-19-26(22-10-14-25(37-2)15-11-22)33-34(28(27)35)17-5-6-21-8-12-23(30)13-9-21/h3-16,19-20H,17-18H2,1-2H3,(H,32,36)/b6-5+. The van der Waals surface area contributed by atoms with E-state index < -0.39 is 17.8 Å². The number of methoxy groups -OCH3 is 1. The summed E-state index contributed by atoms with van der Waals surface area (Å²) in [6.07, 6.45) is 4.63. The van der Waals surface area contributed by atoms with Crippen LogP contribution in [-0.2, 0) is 17.7 Å². The van der Waals surface area contributed by atoms with Gasteiger partial charge in [-0.2, -0.15) is 5.10 Å². The molecule has 0 saturated carbocycles. The third-order valence-corrected chi connectivity index (χ3v) is 5.84. The Morgan fingerprint density at radius 3 is 2.55 bits per heavy atom. The Labute approximate surface area is 225 Å². The number of pyridine rings is 1. The minimum Gasteiger partial charge on any atom is -0.497 e. The van der Waals surface area contributed by atoms with Crippen molar-refractivity contribution >= 4 is 29.5 Å². The molecule has 9 heteroatoms. The highest BCUT2D eigenvalue weighted by Gasteiger charge is 2.16. The summed E-state index contributed by atoms with van der Waals surface area (Å²) in [4.78, 5) is 30.1. The van der Waals surface area contributed by atoms with E-state index in [0.29, 0.717) is 22.9 Å². The Kier molecular flexibility index (Phi) is 8.89. The van der Waals surface area contributed by atoms with Crippen molar-refractivity contribution < 1.29 is 14.3 Å². The number of nitrogens with zero attached hydrogens (tertiary/aromatic N) is 3. The molecule has 1 amide bonds. The van der Waals surface area contributed by atoms with Crippen LogP contribution >= 0.6 is 11.6 Å². The Morgan fingerprint density at radius 1 is 1.11 bits per heavy atom. The number of anilines is 1. The van der Waals surface area contributed by atoms with Gasteiger partial charge in [0.25, 0.3) is 5.56 Å². The Hall–Kier alpha value is -4.43. The number of hydrogen-bond acceptors (Lipinski definition) is 6. The second kappa shape index (κ2) is 12.7. The molecule has 0 fully saturated rings. The summed E-state index contributed by atoms with van der Waals surface area (Å²) < 4.78 is 12.0. The molecule has 0 aliphatic heterocycles. The molecule has 0 aliphatic rings. The lowest BCUT2D eigenvalue weighted by Gasteiger charge is -2.15. The number of halogens is 1. The van der Waals surface area contributed by atoms with Crippen molar-refractivity contribution in [3.05, 3.63) is 112 Å². The zero-order valence-corrected chi connectivity index (χ0v) is 21.8. The van der Waals surface area contributed by atoms with E-state index >= 15 is 0 Å². The average Bonchev–Trinajstić information content (AvgIpc) is 2.92. The summed E-state index contributed by atoms with van der Waals surface area (Å²) in [6, 6.07) is 21.7. The molecule has 194 valence electrons. The van der Waals surface area contributed by atoms with Gasteiger partial charge < -0.3 is 9.47 Å². The van der Waals surface area contributed by atoms with Gasteiger partial charge in [0.2, 0.25) is 0 Å². The number of aromatic nitrogens is 3. The van der Waals surface area contributed by atoms with E-state index in [1.54, 1.807) is 44.5 Å². The molecule has 0 radical (unpaired) electrons. The highest BCUT2D eigenvalue weighted by Crippen LogP contribution is 2.22. The van der Waals surface area contributed by atoms with Gasteiger partial charge in [0, 0.05) is 28.9 Å². The van der Waals surface area contributed by atoms with Crippen LogP contribution < -0.4 is 15.6 Å². The number of benzene rings is 2. The number of ether oxygens (including phenoxy) is 2. The zero-order valence-electron chi connectivity index (χ0n) is 21.0. The largest absolute Gasteiger partial charge is 0.497 e. The minimum absolute atomic E-state index is 0.0562. The van der Waals surface area contributed by atoms with Gasteiger partial charge in [0.1, 0.15) is 17.5 Å². The first kappa shape index (κ1) is 26.6. The SMILES string of the molecule is COc1ccc(-c2cc(NC(=O)OC(C)Cc3ccccn3)c(=O)n(C/C=C/c3ccc(Cl)cc3)n2)cc1. The fourth-order valence-corrected chi connectivity index (χ4v) is 3.82. The van der Waals surface area contributed by atoms with Crippen LogP contribution in [0.15, 0.2) is 89.9 Å². The summed E-state index contributed by atoms with van der Waals surface area (Å²) in [5.41, 5.74) is 2.58. The van der Waals surface area contributed by atoms with Gasteiger partial charge in [-0.25, -0.2) is 9.48 Å². The second-order valence-electron chi connectivity index (χ2n) is 8.48. The average molecular weight is 531 g/mol. The molecule has 0 spiro atoms. The summed E-state index contributed by atoms with van der Waals surface area (Å²) in [6.45, 7) is 1.95. The lowest BCUT2D eigenvalue weighted by molar-refractivity contribution is 0.120. The molecule has 1 N–H and O–H groups in total. The molecule has 0 saturated heterocycles. The first-order valence-electron chi connectivity index (χ1n) is 12.0. The zero-order chi connectivity index (χ0) is 26.9. The van der Waals surface area contributed by atoms with Crippen molar-refractivity contribution in [3.63, 3.8) is 0 Å². The molecule has 0 aliphatic carbocycles. The van der Waals surface area contributed by atoms with Crippen LogP contribution in [0.1, 0.15) is 18.2 Å². The van der Waals surface area contributed by atoms with E-state index in [2.05, 4.69) is 15.4 Å². The van der Waals surface area contributed by atoms with Crippen LogP contribution in [0.2, 0.25) is 5.02 Å². The van der Waals surface area contributed by atoms with Crippen molar-refractivity contribution in [2.45, 2.75) is 26.0 Å². The molecule has 2 aromatic heterocycles. The van der Waals surface area contributed by atoms with Gasteiger partial charge in [-0.1, -0.05) is 42.0 Å². The van der Waals surface area contributed by atoms with Gasteiger partial charge >= 0.3 is 6.09 Å². The molecule has 8 nitrogen and oxygen atoms in total. The van der Waals surface area contributed by atoms with Gasteiger partial charge in [0.05, 0.1) is 19.3 Å². The maximum atomic E-state index is 13.2. The number of carbonyl (C=O) groups excluding carboxylic acids is 1. The quantitative estimate of drug-likeness (QED) is 0.291. The van der Waals surface area contributed by atoms with E-state index in [0.717, 1.165) is 16.8 Å². The van der Waals surface area contributed by atoms with Crippen LogP contribution in [0.4, 0.5) is 10.5 Å². The lowest BCUT2D eigenvalue weighted by atomic mass is 10.1. The van der Waals surface area contributed by atoms with E-state index in [4.69, 9.17) is 21.1 Å². The van der Waals surface area contributed by atoms with Gasteiger partial charge in [0.15, 0.2) is 0 Å². The van der Waals surface area contributed by atoms with Crippen molar-refractivity contribution in [3.8, 4) is 17.0 Å². The highest BCUT2D eigenvalue weighted by molar-refractivity contribution is 6.30. The number of hydrogen-bond donors (Lipinski definition) is 1. The van der Waals surface area contributed by atoms with Crippen LogP contribution in [0.3, 0.4) is 0 Å². The number of amides is 1. The Bertz CT molecular complexity index is 1450. The molecule has 2 heterocycles. The molecule has 0 bridgehead atoms. The van der Waals surface area contributed by atoms with Crippen LogP contribution in [0.25, 0.3) is 17.3 Å². The van der Waals surface area contributed by atoms with Crippen LogP contribution in [-0.4, -0.2) is 34.1 Å². The second-order valence-corrected chi connectivity index (χ2v) is 8.92. The summed E-state index contributed by atoms with van der Waals surface area (Å²) in [5, 5.41) is 7.76. The smallest absolute Gasteiger partial charge is 0.412 e. The van der Waals surface area contributed by atoms with Gasteiger partial charge in [-0.15, -0.1) is 0 Å². The van der Waals surface area contributed by atoms with Gasteiger partial charge in [-0.3, -0.25) is 15.1 Å². The van der Waals surface area contributed by atoms with E-state index in [1.165, 1.54) is 10.7 Å². The number of rotatable bonds is 9. The third kappa shape index (κ3) is 7.30. The normalized spacial score (nSPS) is 11.8. The highest BCUT2D eigenvalue weighted by atomic mass is 35.5. The molecule has 4 aromatic rings. The van der Waals surface area contributed by atoms with Gasteiger partial charge in [-0.05, 0) is 67.1 Å². The van der Waals surface area contributed by atoms with Crippen molar-refractivity contribution in [1.29, 1.82) is 0 Å². The van der Waals surface area contributed by atoms with Crippen LogP contribution in [0.5, 0.6) is 5.75 Å². The van der Waals surface area contributed by atoms with E-state index in [1.807, 2.05) is 54.6 Å². The van der Waals surface area contributed by atoms with E-state index in [-0.39, 0.29) is 12.2 Å². The third-order valence-electron chi connectivity index (χ3n) is 5.59. The molecule has 38 heavy (non-hydrogen) atoms. The first-order valence-corrected chi connectivity index (χ1v) is 12.4.